The third-order valence-corrected chi connectivity index (χ3v) is 7.07. The Morgan fingerprint density at radius 2 is 1.85 bits per heavy atom. The van der Waals surface area contributed by atoms with Gasteiger partial charge in [-0.1, -0.05) is 0 Å². The number of benzene rings is 1. The van der Waals surface area contributed by atoms with Gasteiger partial charge < -0.3 is 24.4 Å². The number of hydrogen-bond acceptors (Lipinski definition) is 8. The third-order valence-electron chi connectivity index (χ3n) is 7.07. The molecule has 0 aliphatic carbocycles. The Morgan fingerprint density at radius 3 is 2.62 bits per heavy atom. The van der Waals surface area contributed by atoms with Crippen molar-refractivity contribution in [1.29, 1.82) is 0 Å². The van der Waals surface area contributed by atoms with E-state index < -0.39 is 0 Å². The minimum atomic E-state index is -0.263. The number of ether oxygens (including phenoxy) is 2. The van der Waals surface area contributed by atoms with Gasteiger partial charge in [0, 0.05) is 49.9 Å². The molecule has 2 aromatic heterocycles. The van der Waals surface area contributed by atoms with Crippen LogP contribution in [-0.4, -0.2) is 76.1 Å². The monoisotopic (exact) mass is 464 g/mol. The van der Waals surface area contributed by atoms with E-state index in [-0.39, 0.29) is 18.5 Å². The normalized spacial score (nSPS) is 23.6. The van der Waals surface area contributed by atoms with Gasteiger partial charge >= 0.3 is 0 Å². The number of anilines is 2. The Balaban J connectivity index is 1.24. The second-order valence-electron chi connectivity index (χ2n) is 9.73. The highest BCUT2D eigenvalue weighted by Gasteiger charge is 2.32. The van der Waals surface area contributed by atoms with Crippen molar-refractivity contribution < 1.29 is 14.6 Å². The summed E-state index contributed by atoms with van der Waals surface area (Å²) in [6.45, 7) is 7.97. The number of aromatic nitrogens is 4. The highest BCUT2D eigenvalue weighted by molar-refractivity contribution is 5.85. The van der Waals surface area contributed by atoms with Crippen LogP contribution >= 0.6 is 0 Å². The summed E-state index contributed by atoms with van der Waals surface area (Å²) >= 11 is 0. The Bertz CT molecular complexity index is 1180. The van der Waals surface area contributed by atoms with E-state index in [9.17, 15) is 5.11 Å². The predicted molar refractivity (Wildman–Crippen MR) is 130 cm³/mol. The van der Waals surface area contributed by atoms with Crippen molar-refractivity contribution in [3.05, 3.63) is 35.8 Å². The van der Waals surface area contributed by atoms with Crippen molar-refractivity contribution in [3.63, 3.8) is 0 Å². The molecule has 0 spiro atoms. The first-order valence-electron chi connectivity index (χ1n) is 12.3. The van der Waals surface area contributed by atoms with Crippen LogP contribution in [0.5, 0.6) is 0 Å². The summed E-state index contributed by atoms with van der Waals surface area (Å²) in [5, 5.41) is 15.8. The maximum Gasteiger partial charge on any atom is 0.159 e. The molecule has 0 bridgehead atoms. The summed E-state index contributed by atoms with van der Waals surface area (Å²) in [6.07, 6.45) is 5.83. The van der Waals surface area contributed by atoms with Crippen LogP contribution in [0.25, 0.3) is 16.7 Å². The van der Waals surface area contributed by atoms with Gasteiger partial charge in [0.05, 0.1) is 23.9 Å². The molecule has 6 rings (SSSR count). The van der Waals surface area contributed by atoms with Crippen LogP contribution in [0.3, 0.4) is 0 Å². The Kier molecular flexibility index (Phi) is 5.63. The fourth-order valence-electron chi connectivity index (χ4n) is 5.21. The highest BCUT2D eigenvalue weighted by atomic mass is 16.7. The first-order valence-corrected chi connectivity index (χ1v) is 12.3. The largest absolute Gasteiger partial charge is 0.391 e. The smallest absolute Gasteiger partial charge is 0.159 e. The van der Waals surface area contributed by atoms with Gasteiger partial charge in [0.2, 0.25) is 0 Å². The topological polar surface area (TPSA) is 88.8 Å². The van der Waals surface area contributed by atoms with Crippen molar-refractivity contribution in [1.82, 2.24) is 19.7 Å². The summed E-state index contributed by atoms with van der Waals surface area (Å²) in [6, 6.07) is 6.34. The Hall–Kier alpha value is -2.75. The summed E-state index contributed by atoms with van der Waals surface area (Å²) in [7, 11) is 0. The molecule has 2 unspecified atom stereocenters. The second-order valence-corrected chi connectivity index (χ2v) is 9.73. The number of fused-ring (bicyclic) bond motifs is 1. The lowest BCUT2D eigenvalue weighted by Crippen LogP contribution is -2.54. The number of aliphatic hydroxyl groups excluding tert-OH is 1. The van der Waals surface area contributed by atoms with E-state index >= 15 is 0 Å². The number of β-amino-alcohol motifs (C(OH)–C–C–N with tert-alkyl or cyclic N) is 1. The quantitative estimate of drug-likeness (QED) is 0.617. The molecular weight excluding hydrogens is 432 g/mol. The molecule has 1 aromatic carbocycles. The maximum atomic E-state index is 10.0. The average molecular weight is 465 g/mol. The lowest BCUT2D eigenvalue weighted by atomic mass is 10.1. The minimum Gasteiger partial charge on any atom is -0.391 e. The van der Waals surface area contributed by atoms with Crippen LogP contribution in [0.15, 0.2) is 24.4 Å². The summed E-state index contributed by atoms with van der Waals surface area (Å²) < 4.78 is 13.7. The van der Waals surface area contributed by atoms with Crippen LogP contribution in [0.2, 0.25) is 0 Å². The fraction of sp³-hybridized carbons (Fsp3) is 0.560. The van der Waals surface area contributed by atoms with Crippen molar-refractivity contribution in [3.8, 4) is 5.82 Å². The first-order chi connectivity index (χ1) is 16.5. The summed E-state index contributed by atoms with van der Waals surface area (Å²) in [4.78, 5) is 13.9. The first kappa shape index (κ1) is 21.8. The molecule has 3 fully saturated rings. The molecule has 3 aromatic rings. The second kappa shape index (κ2) is 8.79. The number of nitrogens with zero attached hydrogens (tertiary/aromatic N) is 6. The third kappa shape index (κ3) is 4.12. The molecular formula is C25H32N6O3. The lowest BCUT2D eigenvalue weighted by molar-refractivity contribution is -0.191. The molecule has 0 amide bonds. The molecule has 3 aliphatic heterocycles. The molecule has 3 aliphatic rings. The van der Waals surface area contributed by atoms with E-state index in [0.29, 0.717) is 12.4 Å². The molecule has 0 saturated carbocycles. The Morgan fingerprint density at radius 1 is 1.00 bits per heavy atom. The van der Waals surface area contributed by atoms with Crippen LogP contribution < -0.4 is 9.80 Å². The van der Waals surface area contributed by atoms with Crippen molar-refractivity contribution >= 4 is 22.4 Å². The standard InChI is InChI=1S/C25H32N6O3/c1-16-9-18-12-26-31(22(18)10-21(16)29-7-6-19(32)13-29)24-11-23(27-17(2)28-24)30-14-20(15-30)34-25-5-3-4-8-33-25/h9-12,19-20,25,32H,3-8,13-15H2,1-2H3. The lowest BCUT2D eigenvalue weighted by Gasteiger charge is -2.41. The summed E-state index contributed by atoms with van der Waals surface area (Å²) in [5.41, 5.74) is 3.34. The molecule has 34 heavy (non-hydrogen) atoms. The van der Waals surface area contributed by atoms with Crippen LogP contribution in [0.1, 0.15) is 37.1 Å². The van der Waals surface area contributed by atoms with Gasteiger partial charge in [0.1, 0.15) is 11.6 Å². The molecule has 9 heteroatoms. The molecule has 9 nitrogen and oxygen atoms in total. The van der Waals surface area contributed by atoms with Gasteiger partial charge in [-0.2, -0.15) is 5.10 Å². The van der Waals surface area contributed by atoms with Gasteiger partial charge in [-0.25, -0.2) is 14.6 Å². The molecule has 1 N–H and O–H groups in total. The number of aliphatic hydroxyl groups is 1. The van der Waals surface area contributed by atoms with Gasteiger partial charge in [-0.15, -0.1) is 0 Å². The number of hydrogen-bond donors (Lipinski definition) is 1. The van der Waals surface area contributed by atoms with E-state index in [2.05, 4.69) is 38.9 Å². The van der Waals surface area contributed by atoms with Crippen molar-refractivity contribution in [2.75, 3.05) is 42.6 Å². The minimum absolute atomic E-state index is 0.0617. The zero-order valence-electron chi connectivity index (χ0n) is 19.9. The van der Waals surface area contributed by atoms with Crippen LogP contribution in [-0.2, 0) is 9.47 Å². The SMILES string of the molecule is Cc1nc(N2CC(OC3CCCCO3)C2)cc(-n2ncc3cc(C)c(N4CCC(O)C4)cc32)n1. The molecule has 5 heterocycles. The molecule has 180 valence electrons. The van der Waals surface area contributed by atoms with E-state index in [0.717, 1.165) is 73.7 Å². The average Bonchev–Trinajstić information content (AvgIpc) is 3.41. The zero-order chi connectivity index (χ0) is 23.2. The van der Waals surface area contributed by atoms with E-state index in [1.165, 1.54) is 12.0 Å². The van der Waals surface area contributed by atoms with E-state index in [1.54, 1.807) is 0 Å². The molecule has 2 atom stereocenters. The van der Waals surface area contributed by atoms with Crippen molar-refractivity contribution in [2.45, 2.75) is 58.0 Å². The predicted octanol–water partition coefficient (Wildman–Crippen LogP) is 2.74. The van der Waals surface area contributed by atoms with Gasteiger partial charge in [-0.3, -0.25) is 0 Å². The number of aryl methyl sites for hydroxylation is 2. The molecule has 3 saturated heterocycles. The highest BCUT2D eigenvalue weighted by Crippen LogP contribution is 2.31. The Labute approximate surface area is 199 Å². The van der Waals surface area contributed by atoms with Crippen LogP contribution in [0, 0.1) is 13.8 Å². The zero-order valence-corrected chi connectivity index (χ0v) is 19.9. The van der Waals surface area contributed by atoms with Crippen molar-refractivity contribution in [2.24, 2.45) is 0 Å². The number of rotatable bonds is 5. The molecule has 0 radical (unpaired) electrons. The van der Waals surface area contributed by atoms with Gasteiger partial charge in [0.15, 0.2) is 12.1 Å². The van der Waals surface area contributed by atoms with E-state index in [4.69, 9.17) is 14.5 Å². The fourth-order valence-corrected chi connectivity index (χ4v) is 5.21. The van der Waals surface area contributed by atoms with Gasteiger partial charge in [-0.05, 0) is 57.2 Å². The summed E-state index contributed by atoms with van der Waals surface area (Å²) in [5.74, 6) is 2.37. The maximum absolute atomic E-state index is 10.0. The van der Waals surface area contributed by atoms with Gasteiger partial charge in [0.25, 0.3) is 0 Å². The van der Waals surface area contributed by atoms with E-state index in [1.807, 2.05) is 23.9 Å². The van der Waals surface area contributed by atoms with Crippen LogP contribution in [0.4, 0.5) is 11.5 Å².